The van der Waals surface area contributed by atoms with E-state index < -0.39 is 11.6 Å². The van der Waals surface area contributed by atoms with Gasteiger partial charge in [0, 0.05) is 6.04 Å². The number of benzene rings is 1. The van der Waals surface area contributed by atoms with Crippen LogP contribution in [0.15, 0.2) is 24.3 Å². The molecule has 2 rings (SSSR count). The van der Waals surface area contributed by atoms with Crippen molar-refractivity contribution in [1.29, 1.82) is 0 Å². The summed E-state index contributed by atoms with van der Waals surface area (Å²) >= 11 is 0. The Morgan fingerprint density at radius 1 is 1.23 bits per heavy atom. The van der Waals surface area contributed by atoms with Gasteiger partial charge < -0.3 is 20.1 Å². The minimum atomic E-state index is -0.520. The number of hydrogen-bond acceptors (Lipinski definition) is 5. The fraction of sp³-hybridized carbons (Fsp3) is 0.667. The summed E-state index contributed by atoms with van der Waals surface area (Å²) in [5, 5.41) is 0. The van der Waals surface area contributed by atoms with Gasteiger partial charge in [-0.1, -0.05) is 12.1 Å². The third-order valence-corrected chi connectivity index (χ3v) is 5.07. The Morgan fingerprint density at radius 2 is 1.81 bits per heavy atom. The molecule has 5 nitrogen and oxygen atoms in total. The Hall–Kier alpha value is -1.59. The first-order chi connectivity index (χ1) is 12.2. The first-order valence-electron chi connectivity index (χ1n) is 9.55. The lowest BCUT2D eigenvalue weighted by Gasteiger charge is -2.38. The predicted molar refractivity (Wildman–Crippen MR) is 104 cm³/mol. The molecule has 1 heterocycles. The van der Waals surface area contributed by atoms with Gasteiger partial charge in [-0.05, 0) is 83.7 Å². The molecular weight excluding hydrogens is 328 g/mol. The van der Waals surface area contributed by atoms with Crippen molar-refractivity contribution in [2.24, 2.45) is 11.7 Å². The van der Waals surface area contributed by atoms with Crippen LogP contribution < -0.4 is 10.5 Å². The molecule has 1 aromatic rings. The van der Waals surface area contributed by atoms with Gasteiger partial charge >= 0.3 is 5.97 Å². The third-order valence-electron chi connectivity index (χ3n) is 5.07. The standard InChI is InChI=1S/C21H34N2O3/c1-15(14-16-6-8-18(25-5)9-7-16)23-12-10-17(11-13-23)19(22)20(24)26-21(2,3)4/h6-9,15,17,19H,10-14,22H2,1-5H3. The van der Waals surface area contributed by atoms with Crippen LogP contribution >= 0.6 is 0 Å². The van der Waals surface area contributed by atoms with Gasteiger partial charge in [0.05, 0.1) is 7.11 Å². The minimum absolute atomic E-state index is 0.203. The summed E-state index contributed by atoms with van der Waals surface area (Å²) in [7, 11) is 1.68. The van der Waals surface area contributed by atoms with E-state index in [0.717, 1.165) is 38.1 Å². The van der Waals surface area contributed by atoms with E-state index in [0.29, 0.717) is 6.04 Å². The molecule has 0 bridgehead atoms. The number of hydrogen-bond donors (Lipinski definition) is 1. The smallest absolute Gasteiger partial charge is 0.323 e. The Balaban J connectivity index is 1.82. The fourth-order valence-electron chi connectivity index (χ4n) is 3.51. The highest BCUT2D eigenvalue weighted by molar-refractivity contribution is 5.76. The summed E-state index contributed by atoms with van der Waals surface area (Å²) < 4.78 is 10.7. The number of nitrogens with zero attached hydrogens (tertiary/aromatic N) is 1. The molecule has 0 aromatic heterocycles. The Kier molecular flexibility index (Phi) is 7.07. The maximum absolute atomic E-state index is 12.2. The zero-order valence-corrected chi connectivity index (χ0v) is 16.8. The van der Waals surface area contributed by atoms with Gasteiger partial charge in [-0.2, -0.15) is 0 Å². The molecule has 146 valence electrons. The van der Waals surface area contributed by atoms with Crippen molar-refractivity contribution in [2.45, 2.75) is 64.6 Å². The van der Waals surface area contributed by atoms with Crippen molar-refractivity contribution in [1.82, 2.24) is 4.90 Å². The number of esters is 1. The molecule has 0 radical (unpaired) electrons. The molecule has 0 spiro atoms. The highest BCUT2D eigenvalue weighted by atomic mass is 16.6. The molecule has 2 N–H and O–H groups in total. The number of ether oxygens (including phenoxy) is 2. The van der Waals surface area contributed by atoms with Crippen LogP contribution in [0.25, 0.3) is 0 Å². The maximum Gasteiger partial charge on any atom is 0.323 e. The molecule has 5 heteroatoms. The summed E-state index contributed by atoms with van der Waals surface area (Å²) in [5.74, 6) is 0.815. The van der Waals surface area contributed by atoms with Gasteiger partial charge in [0.2, 0.25) is 0 Å². The molecule has 2 unspecified atom stereocenters. The average molecular weight is 363 g/mol. The summed E-state index contributed by atoms with van der Waals surface area (Å²) in [5.41, 5.74) is 6.99. The quantitative estimate of drug-likeness (QED) is 0.788. The first kappa shape index (κ1) is 20.7. The molecule has 26 heavy (non-hydrogen) atoms. The molecule has 0 amide bonds. The molecule has 1 aliphatic heterocycles. The van der Waals surface area contributed by atoms with Crippen molar-refractivity contribution in [3.63, 3.8) is 0 Å². The zero-order chi connectivity index (χ0) is 19.3. The number of methoxy groups -OCH3 is 1. The lowest BCUT2D eigenvalue weighted by atomic mass is 9.88. The zero-order valence-electron chi connectivity index (χ0n) is 16.8. The predicted octanol–water partition coefficient (Wildman–Crippen LogP) is 3.01. The second kappa shape index (κ2) is 8.87. The van der Waals surface area contributed by atoms with Crippen molar-refractivity contribution in [3.05, 3.63) is 29.8 Å². The number of piperidine rings is 1. The van der Waals surface area contributed by atoms with E-state index in [2.05, 4.69) is 24.0 Å². The fourth-order valence-corrected chi connectivity index (χ4v) is 3.51. The van der Waals surface area contributed by atoms with Crippen LogP contribution in [-0.2, 0) is 16.0 Å². The largest absolute Gasteiger partial charge is 0.497 e. The van der Waals surface area contributed by atoms with E-state index in [1.165, 1.54) is 5.56 Å². The first-order valence-corrected chi connectivity index (χ1v) is 9.55. The van der Waals surface area contributed by atoms with E-state index in [1.54, 1.807) is 7.11 Å². The van der Waals surface area contributed by atoms with E-state index >= 15 is 0 Å². The monoisotopic (exact) mass is 362 g/mol. The Morgan fingerprint density at radius 3 is 2.31 bits per heavy atom. The topological polar surface area (TPSA) is 64.8 Å². The van der Waals surface area contributed by atoms with Crippen LogP contribution in [0, 0.1) is 5.92 Å². The van der Waals surface area contributed by atoms with Crippen molar-refractivity contribution in [2.75, 3.05) is 20.2 Å². The number of likely N-dealkylation sites (tertiary alicyclic amines) is 1. The highest BCUT2D eigenvalue weighted by Crippen LogP contribution is 2.24. The lowest BCUT2D eigenvalue weighted by molar-refractivity contribution is -0.158. The third kappa shape index (κ3) is 5.99. The van der Waals surface area contributed by atoms with Gasteiger partial charge in [0.1, 0.15) is 17.4 Å². The van der Waals surface area contributed by atoms with Crippen LogP contribution in [-0.4, -0.2) is 48.8 Å². The van der Waals surface area contributed by atoms with Crippen LogP contribution in [0.1, 0.15) is 46.1 Å². The maximum atomic E-state index is 12.2. The number of carbonyl (C=O) groups excluding carboxylic acids is 1. The Labute approximate surface area is 157 Å². The van der Waals surface area contributed by atoms with Crippen molar-refractivity contribution in [3.8, 4) is 5.75 Å². The van der Waals surface area contributed by atoms with Crippen molar-refractivity contribution < 1.29 is 14.3 Å². The normalized spacial score (nSPS) is 19.0. The van der Waals surface area contributed by atoms with E-state index in [1.807, 2.05) is 32.9 Å². The second-order valence-electron chi connectivity index (χ2n) is 8.33. The van der Waals surface area contributed by atoms with E-state index in [9.17, 15) is 4.79 Å². The summed E-state index contributed by atoms with van der Waals surface area (Å²) in [6, 6.07) is 8.21. The minimum Gasteiger partial charge on any atom is -0.497 e. The SMILES string of the molecule is COc1ccc(CC(C)N2CCC(C(N)C(=O)OC(C)(C)C)CC2)cc1. The molecular formula is C21H34N2O3. The van der Waals surface area contributed by atoms with Crippen LogP contribution in [0.4, 0.5) is 0 Å². The number of nitrogens with two attached hydrogens (primary N) is 1. The van der Waals surface area contributed by atoms with E-state index in [4.69, 9.17) is 15.2 Å². The van der Waals surface area contributed by atoms with Crippen LogP contribution in [0.3, 0.4) is 0 Å². The van der Waals surface area contributed by atoms with Crippen molar-refractivity contribution >= 4 is 5.97 Å². The molecule has 2 atom stereocenters. The second-order valence-corrected chi connectivity index (χ2v) is 8.33. The summed E-state index contributed by atoms with van der Waals surface area (Å²) in [6.07, 6.45) is 2.88. The van der Waals surface area contributed by atoms with Crippen LogP contribution in [0.5, 0.6) is 5.75 Å². The van der Waals surface area contributed by atoms with Gasteiger partial charge in [0.25, 0.3) is 0 Å². The van der Waals surface area contributed by atoms with Gasteiger partial charge in [-0.25, -0.2) is 0 Å². The molecule has 1 aromatic carbocycles. The number of carbonyl (C=O) groups is 1. The molecule has 1 aliphatic rings. The summed E-state index contributed by atoms with van der Waals surface area (Å²) in [6.45, 7) is 9.83. The molecule has 1 fully saturated rings. The highest BCUT2D eigenvalue weighted by Gasteiger charge is 2.32. The Bertz CT molecular complexity index is 572. The molecule has 0 aliphatic carbocycles. The molecule has 1 saturated heterocycles. The number of rotatable bonds is 6. The van der Waals surface area contributed by atoms with E-state index in [-0.39, 0.29) is 11.9 Å². The van der Waals surface area contributed by atoms with Crippen LogP contribution in [0.2, 0.25) is 0 Å². The van der Waals surface area contributed by atoms with Gasteiger partial charge in [-0.15, -0.1) is 0 Å². The van der Waals surface area contributed by atoms with Gasteiger partial charge in [0.15, 0.2) is 0 Å². The lowest BCUT2D eigenvalue weighted by Crippen LogP contribution is -2.48. The summed E-state index contributed by atoms with van der Waals surface area (Å²) in [4.78, 5) is 14.7. The molecule has 0 saturated carbocycles. The average Bonchev–Trinajstić information content (AvgIpc) is 2.60. The van der Waals surface area contributed by atoms with Gasteiger partial charge in [-0.3, -0.25) is 4.79 Å².